The van der Waals surface area contributed by atoms with Gasteiger partial charge in [-0.1, -0.05) is 11.6 Å². The van der Waals surface area contributed by atoms with Gasteiger partial charge >= 0.3 is 0 Å². The van der Waals surface area contributed by atoms with Gasteiger partial charge < -0.3 is 30.3 Å². The Kier molecular flexibility index (Phi) is 12.1. The van der Waals surface area contributed by atoms with Gasteiger partial charge in [-0.25, -0.2) is 9.97 Å². The average molecular weight is 855 g/mol. The van der Waals surface area contributed by atoms with Crippen molar-refractivity contribution in [2.24, 2.45) is 13.0 Å². The maximum absolute atomic E-state index is 13.2. The Balaban J connectivity index is 0.888. The Morgan fingerprint density at radius 3 is 2.57 bits per heavy atom. The van der Waals surface area contributed by atoms with Crippen LogP contribution < -0.4 is 36.0 Å². The van der Waals surface area contributed by atoms with E-state index in [9.17, 15) is 24.3 Å². The van der Waals surface area contributed by atoms with E-state index in [2.05, 4.69) is 52.8 Å². The molecule has 3 fully saturated rings. The molecule has 3 aliphatic rings. The lowest BCUT2D eigenvalue weighted by Crippen LogP contribution is -2.56. The first-order valence-electron chi connectivity index (χ1n) is 20.7. The summed E-state index contributed by atoms with van der Waals surface area (Å²) >= 11 is 6.60. The van der Waals surface area contributed by atoms with Crippen LogP contribution in [0.15, 0.2) is 47.5 Å². The van der Waals surface area contributed by atoms with E-state index in [1.807, 2.05) is 33.0 Å². The van der Waals surface area contributed by atoms with Crippen LogP contribution in [0.4, 0.5) is 23.1 Å². The Bertz CT molecular complexity index is 2540. The van der Waals surface area contributed by atoms with E-state index in [0.29, 0.717) is 64.5 Å². The van der Waals surface area contributed by atoms with Crippen molar-refractivity contribution in [3.05, 3.63) is 63.8 Å². The summed E-state index contributed by atoms with van der Waals surface area (Å²) in [6.45, 7) is 8.25. The number of ether oxygens (including phenoxy) is 1. The number of aryl methyl sites for hydroxylation is 1. The molecule has 7 heterocycles. The molecular weight excluding hydrogens is 804 g/mol. The molecule has 8 rings (SSSR count). The Morgan fingerprint density at radius 1 is 1.03 bits per heavy atom. The molecule has 3 aliphatic heterocycles. The lowest BCUT2D eigenvalue weighted by Gasteiger charge is -2.44. The first-order valence-corrected chi connectivity index (χ1v) is 21.1. The summed E-state index contributed by atoms with van der Waals surface area (Å²) < 4.78 is 8.93. The van der Waals surface area contributed by atoms with Crippen molar-refractivity contribution in [2.45, 2.75) is 57.5 Å². The van der Waals surface area contributed by atoms with Gasteiger partial charge in [-0.3, -0.25) is 38.6 Å². The van der Waals surface area contributed by atoms with E-state index < -0.39 is 5.92 Å². The molecule has 4 aromatic heterocycles. The molecule has 0 bridgehead atoms. The molecule has 0 spiro atoms. The van der Waals surface area contributed by atoms with E-state index in [1.165, 1.54) is 11.6 Å². The van der Waals surface area contributed by atoms with Crippen molar-refractivity contribution in [3.8, 4) is 5.75 Å². The van der Waals surface area contributed by atoms with Crippen molar-refractivity contribution in [2.75, 3.05) is 74.6 Å². The standard InChI is InChI=1S/C42H51ClN12O6/c1-24(2)55-39-26(16-34(41(55)60)61-23-36(58)44-3)15-27(18-45-39)47-38-32(43)19-46-42(49-38)52-11-9-25(10-12-52)20-53-13-14-54(21-29(53)22-56)28-5-6-30-33(17-28)51(4)50-37(30)31-7-8-35(57)48-40(31)59/h5-6,15-19,24-25,29,31,56H,7-14,20-23H2,1-4H3,(H,44,58)(H,46,47,49)(H,48,57,59)/t29-,31?/m0/s1. The number of likely N-dealkylation sites (N-methyl/N-ethyl adjacent to an activating group) is 1. The smallest absolute Gasteiger partial charge is 0.294 e. The van der Waals surface area contributed by atoms with Gasteiger partial charge in [0.1, 0.15) is 10.7 Å². The third-order valence-electron chi connectivity index (χ3n) is 12.0. The molecule has 4 N–H and O–H groups in total. The zero-order valence-electron chi connectivity index (χ0n) is 34.7. The lowest BCUT2D eigenvalue weighted by molar-refractivity contribution is -0.134. The van der Waals surface area contributed by atoms with E-state index >= 15 is 0 Å². The number of aromatic nitrogens is 6. The maximum atomic E-state index is 13.2. The minimum absolute atomic E-state index is 0.0227. The monoisotopic (exact) mass is 854 g/mol. The number of imide groups is 1. The fraction of sp³-hybridized carbons (Fsp3) is 0.476. The van der Waals surface area contributed by atoms with Crippen LogP contribution in [-0.2, 0) is 21.4 Å². The number of hydrogen-bond acceptors (Lipinski definition) is 14. The zero-order chi connectivity index (χ0) is 42.9. The molecule has 1 aromatic carbocycles. The number of piperidine rings is 2. The Morgan fingerprint density at radius 2 is 1.84 bits per heavy atom. The number of aliphatic hydroxyl groups is 1. The number of amides is 3. The minimum atomic E-state index is -0.455. The van der Waals surface area contributed by atoms with Gasteiger partial charge in [0, 0.05) is 82.3 Å². The highest BCUT2D eigenvalue weighted by Crippen LogP contribution is 2.34. The van der Waals surface area contributed by atoms with Crippen molar-refractivity contribution in [1.29, 1.82) is 0 Å². The molecule has 0 saturated carbocycles. The summed E-state index contributed by atoms with van der Waals surface area (Å²) in [4.78, 5) is 70.3. The van der Waals surface area contributed by atoms with Gasteiger partial charge in [-0.15, -0.1) is 0 Å². The van der Waals surface area contributed by atoms with Gasteiger partial charge in [0.05, 0.1) is 47.9 Å². The van der Waals surface area contributed by atoms with Crippen LogP contribution in [0, 0.1) is 5.92 Å². The summed E-state index contributed by atoms with van der Waals surface area (Å²) in [5, 5.41) is 25.3. The second-order valence-corrected chi connectivity index (χ2v) is 16.7. The first kappa shape index (κ1) is 41.9. The molecular formula is C42H51ClN12O6. The van der Waals surface area contributed by atoms with Crippen molar-refractivity contribution < 1.29 is 24.2 Å². The number of piperazine rings is 1. The molecule has 1 unspecified atom stereocenters. The topological polar surface area (TPSA) is 205 Å². The minimum Gasteiger partial charge on any atom is -0.478 e. The van der Waals surface area contributed by atoms with Crippen LogP contribution in [0.5, 0.6) is 5.75 Å². The summed E-state index contributed by atoms with van der Waals surface area (Å²) in [6, 6.07) is 9.37. The molecule has 5 aromatic rings. The van der Waals surface area contributed by atoms with E-state index in [0.717, 1.165) is 62.2 Å². The normalized spacial score (nSPS) is 19.2. The number of fused-ring (bicyclic) bond motifs is 2. The van der Waals surface area contributed by atoms with Crippen molar-refractivity contribution >= 4 is 74.4 Å². The highest BCUT2D eigenvalue weighted by atomic mass is 35.5. The zero-order valence-corrected chi connectivity index (χ0v) is 35.5. The van der Waals surface area contributed by atoms with E-state index in [-0.39, 0.29) is 54.3 Å². The quantitative estimate of drug-likeness (QED) is 0.133. The lowest BCUT2D eigenvalue weighted by atomic mass is 9.92. The number of carbonyl (C=O) groups is 3. The number of benzene rings is 1. The average Bonchev–Trinajstić information content (AvgIpc) is 3.58. The van der Waals surface area contributed by atoms with Crippen molar-refractivity contribution in [1.82, 2.24) is 44.8 Å². The molecule has 0 aliphatic carbocycles. The highest BCUT2D eigenvalue weighted by Gasteiger charge is 2.33. The Labute approximate surface area is 357 Å². The third-order valence-corrected chi connectivity index (χ3v) is 12.3. The number of halogens is 1. The maximum Gasteiger partial charge on any atom is 0.294 e. The van der Waals surface area contributed by atoms with Gasteiger partial charge in [0.25, 0.3) is 11.5 Å². The summed E-state index contributed by atoms with van der Waals surface area (Å²) in [5.41, 5.74) is 3.36. The number of hydrogen-bond donors (Lipinski definition) is 4. The number of anilines is 4. The number of rotatable bonds is 12. The predicted molar refractivity (Wildman–Crippen MR) is 232 cm³/mol. The number of nitrogens with one attached hydrogen (secondary N) is 3. The molecule has 0 radical (unpaired) electrons. The highest BCUT2D eigenvalue weighted by molar-refractivity contribution is 6.33. The van der Waals surface area contributed by atoms with Crippen LogP contribution >= 0.6 is 11.6 Å². The van der Waals surface area contributed by atoms with Crippen LogP contribution in [-0.4, -0.2) is 123 Å². The SMILES string of the molecule is CNC(=O)COc1cc2cc(Nc3nc(N4CCC(CN5CCN(c6ccc7c(C8CCC(=O)NC8=O)nn(C)c7c6)C[C@H]5CO)CC4)ncc3Cl)cnc2n(C(C)C)c1=O. The second kappa shape index (κ2) is 17.6. The molecule has 3 amide bonds. The Hall–Kier alpha value is -5.85. The number of carbonyl (C=O) groups excluding carboxylic acids is 3. The van der Waals surface area contributed by atoms with Gasteiger partial charge in [0.15, 0.2) is 18.2 Å². The van der Waals surface area contributed by atoms with Crippen LogP contribution in [0.1, 0.15) is 57.2 Å². The molecule has 322 valence electrons. The van der Waals surface area contributed by atoms with Crippen LogP contribution in [0.25, 0.3) is 21.9 Å². The number of aliphatic hydroxyl groups excluding tert-OH is 1. The van der Waals surface area contributed by atoms with Crippen LogP contribution in [0.3, 0.4) is 0 Å². The van der Waals surface area contributed by atoms with E-state index in [4.69, 9.17) is 26.4 Å². The van der Waals surface area contributed by atoms with Crippen LogP contribution in [0.2, 0.25) is 5.02 Å². The molecule has 61 heavy (non-hydrogen) atoms. The second-order valence-electron chi connectivity index (χ2n) is 16.3. The van der Waals surface area contributed by atoms with Gasteiger partial charge in [0.2, 0.25) is 17.8 Å². The molecule has 2 atom stereocenters. The largest absolute Gasteiger partial charge is 0.478 e. The van der Waals surface area contributed by atoms with Gasteiger partial charge in [-0.2, -0.15) is 10.1 Å². The van der Waals surface area contributed by atoms with E-state index in [1.54, 1.807) is 23.1 Å². The first-order chi connectivity index (χ1) is 29.4. The van der Waals surface area contributed by atoms with Crippen molar-refractivity contribution in [3.63, 3.8) is 0 Å². The summed E-state index contributed by atoms with van der Waals surface area (Å²) in [6.07, 6.45) is 5.84. The summed E-state index contributed by atoms with van der Waals surface area (Å²) in [7, 11) is 3.38. The fourth-order valence-corrected chi connectivity index (χ4v) is 8.81. The molecule has 19 heteroatoms. The molecule has 3 saturated heterocycles. The van der Waals surface area contributed by atoms with Gasteiger partial charge in [-0.05, 0) is 69.4 Å². The number of pyridine rings is 2. The number of nitrogens with zero attached hydrogens (tertiary/aromatic N) is 9. The molecule has 18 nitrogen and oxygen atoms in total. The summed E-state index contributed by atoms with van der Waals surface area (Å²) in [5.74, 6) is 0.127. The predicted octanol–water partition coefficient (Wildman–Crippen LogP) is 3.10. The fourth-order valence-electron chi connectivity index (χ4n) is 8.67. The third kappa shape index (κ3) is 8.69.